The standard InChI is InChI=1S/C25H23N/c1-16-12-13-21(18(3)17(16)2)23-14-20-10-6-7-11-22(20)24(15-26)25(23)19-8-4-5-9-19/h4-8,10-15,26H,9H2,1-3H3. The summed E-state index contributed by atoms with van der Waals surface area (Å²) in [4.78, 5) is 0. The Morgan fingerprint density at radius 1 is 0.923 bits per heavy atom. The molecule has 1 N–H and O–H groups in total. The molecule has 0 atom stereocenters. The number of allylic oxidation sites excluding steroid dienone is 4. The van der Waals surface area contributed by atoms with E-state index >= 15 is 0 Å². The summed E-state index contributed by atoms with van der Waals surface area (Å²) in [6.45, 7) is 6.57. The van der Waals surface area contributed by atoms with Crippen LogP contribution in [0.5, 0.6) is 0 Å². The Morgan fingerprint density at radius 3 is 2.46 bits per heavy atom. The second kappa shape index (κ2) is 6.42. The van der Waals surface area contributed by atoms with Gasteiger partial charge in [-0.1, -0.05) is 54.6 Å². The van der Waals surface area contributed by atoms with E-state index in [-0.39, 0.29) is 0 Å². The van der Waals surface area contributed by atoms with Crippen LogP contribution in [-0.2, 0) is 0 Å². The van der Waals surface area contributed by atoms with Crippen LogP contribution in [0, 0.1) is 26.2 Å². The molecule has 4 rings (SSSR count). The zero-order valence-electron chi connectivity index (χ0n) is 15.6. The van der Waals surface area contributed by atoms with Crippen LogP contribution >= 0.6 is 0 Å². The second-order valence-electron chi connectivity index (χ2n) is 7.08. The molecule has 0 fully saturated rings. The van der Waals surface area contributed by atoms with Crippen LogP contribution < -0.4 is 0 Å². The minimum Gasteiger partial charge on any atom is -0.308 e. The minimum absolute atomic E-state index is 0.927. The maximum absolute atomic E-state index is 8.15. The van der Waals surface area contributed by atoms with Crippen molar-refractivity contribution in [1.82, 2.24) is 0 Å². The van der Waals surface area contributed by atoms with Crippen molar-refractivity contribution in [3.8, 4) is 11.1 Å². The highest BCUT2D eigenvalue weighted by Crippen LogP contribution is 2.40. The lowest BCUT2D eigenvalue weighted by Gasteiger charge is -2.20. The Hall–Kier alpha value is -2.93. The summed E-state index contributed by atoms with van der Waals surface area (Å²) in [5.74, 6) is 0. The lowest BCUT2D eigenvalue weighted by molar-refractivity contribution is 1.27. The molecule has 3 aromatic carbocycles. The van der Waals surface area contributed by atoms with Crippen LogP contribution in [0.2, 0.25) is 0 Å². The van der Waals surface area contributed by atoms with Gasteiger partial charge in [0.2, 0.25) is 0 Å². The summed E-state index contributed by atoms with van der Waals surface area (Å²) >= 11 is 0. The molecule has 0 saturated heterocycles. The molecule has 1 heteroatoms. The normalized spacial score (nSPS) is 13.3. The first-order chi connectivity index (χ1) is 12.6. The molecule has 1 aliphatic carbocycles. The topological polar surface area (TPSA) is 23.9 Å². The van der Waals surface area contributed by atoms with E-state index in [9.17, 15) is 0 Å². The molecule has 0 saturated carbocycles. The van der Waals surface area contributed by atoms with E-state index in [1.807, 2.05) is 0 Å². The van der Waals surface area contributed by atoms with Crippen LogP contribution in [0.15, 0.2) is 60.7 Å². The highest BCUT2D eigenvalue weighted by molar-refractivity contribution is 6.08. The van der Waals surface area contributed by atoms with Crippen LogP contribution in [0.4, 0.5) is 0 Å². The molecule has 0 heterocycles. The van der Waals surface area contributed by atoms with Gasteiger partial charge in [0.15, 0.2) is 0 Å². The summed E-state index contributed by atoms with van der Waals surface area (Å²) < 4.78 is 0. The van der Waals surface area contributed by atoms with Crippen molar-refractivity contribution in [3.05, 3.63) is 88.5 Å². The molecular weight excluding hydrogens is 314 g/mol. The van der Waals surface area contributed by atoms with Crippen molar-refractivity contribution < 1.29 is 0 Å². The third-order valence-corrected chi connectivity index (χ3v) is 5.67. The largest absolute Gasteiger partial charge is 0.308 e. The molecule has 3 aromatic rings. The van der Waals surface area contributed by atoms with Crippen LogP contribution in [0.25, 0.3) is 27.5 Å². The van der Waals surface area contributed by atoms with Crippen LogP contribution in [0.3, 0.4) is 0 Å². The lowest BCUT2D eigenvalue weighted by atomic mass is 9.84. The van der Waals surface area contributed by atoms with Gasteiger partial charge in [0.1, 0.15) is 0 Å². The molecule has 0 spiro atoms. The summed E-state index contributed by atoms with van der Waals surface area (Å²) in [7, 11) is 0. The van der Waals surface area contributed by atoms with Crippen molar-refractivity contribution in [2.24, 2.45) is 0 Å². The highest BCUT2D eigenvalue weighted by atomic mass is 14.3. The monoisotopic (exact) mass is 337 g/mol. The third-order valence-electron chi connectivity index (χ3n) is 5.67. The number of hydrogen-bond acceptors (Lipinski definition) is 1. The summed E-state index contributed by atoms with van der Waals surface area (Å²) in [5, 5.41) is 10.5. The molecule has 0 aromatic heterocycles. The minimum atomic E-state index is 0.927. The van der Waals surface area contributed by atoms with Gasteiger partial charge in [-0.05, 0) is 83.0 Å². The number of hydrogen-bond donors (Lipinski definition) is 1. The first-order valence-electron chi connectivity index (χ1n) is 9.11. The van der Waals surface area contributed by atoms with Crippen molar-refractivity contribution >= 4 is 22.6 Å². The van der Waals surface area contributed by atoms with Crippen molar-refractivity contribution in [1.29, 1.82) is 5.41 Å². The van der Waals surface area contributed by atoms with E-state index in [1.54, 1.807) is 0 Å². The van der Waals surface area contributed by atoms with Gasteiger partial charge in [0, 0.05) is 11.8 Å². The number of rotatable bonds is 3. The van der Waals surface area contributed by atoms with E-state index in [1.165, 1.54) is 50.6 Å². The molecule has 26 heavy (non-hydrogen) atoms. The molecule has 0 unspecified atom stereocenters. The average Bonchev–Trinajstić information content (AvgIpc) is 3.19. The van der Waals surface area contributed by atoms with E-state index in [0.29, 0.717) is 0 Å². The third kappa shape index (κ3) is 2.52. The van der Waals surface area contributed by atoms with Crippen LogP contribution in [0.1, 0.15) is 34.2 Å². The van der Waals surface area contributed by atoms with Crippen molar-refractivity contribution in [2.45, 2.75) is 27.2 Å². The quantitative estimate of drug-likeness (QED) is 0.510. The first-order valence-corrected chi connectivity index (χ1v) is 9.11. The lowest BCUT2D eigenvalue weighted by Crippen LogP contribution is -2.00. The maximum Gasteiger partial charge on any atom is 0.0262 e. The van der Waals surface area contributed by atoms with Gasteiger partial charge in [-0.2, -0.15) is 0 Å². The molecule has 0 radical (unpaired) electrons. The number of nitrogens with one attached hydrogen (secondary N) is 1. The highest BCUT2D eigenvalue weighted by Gasteiger charge is 2.19. The van der Waals surface area contributed by atoms with Gasteiger partial charge in [0.25, 0.3) is 0 Å². The van der Waals surface area contributed by atoms with Crippen LogP contribution in [-0.4, -0.2) is 6.21 Å². The summed E-state index contributed by atoms with van der Waals surface area (Å²) in [6, 6.07) is 15.1. The molecule has 0 amide bonds. The second-order valence-corrected chi connectivity index (χ2v) is 7.08. The van der Waals surface area contributed by atoms with E-state index in [2.05, 4.69) is 81.5 Å². The molecular formula is C25H23N. The fourth-order valence-electron chi connectivity index (χ4n) is 3.96. The zero-order valence-corrected chi connectivity index (χ0v) is 15.6. The van der Waals surface area contributed by atoms with Crippen molar-refractivity contribution in [2.75, 3.05) is 0 Å². The fraction of sp³-hybridized carbons (Fsp3) is 0.160. The predicted molar refractivity (Wildman–Crippen MR) is 113 cm³/mol. The Kier molecular flexibility index (Phi) is 4.08. The zero-order chi connectivity index (χ0) is 18.3. The first kappa shape index (κ1) is 16.5. The summed E-state index contributed by atoms with van der Waals surface area (Å²) in [5.41, 5.74) is 10.0. The van der Waals surface area contributed by atoms with Gasteiger partial charge in [0.05, 0.1) is 0 Å². The Morgan fingerprint density at radius 2 is 1.73 bits per heavy atom. The molecule has 1 aliphatic rings. The van der Waals surface area contributed by atoms with E-state index in [4.69, 9.17) is 5.41 Å². The average molecular weight is 337 g/mol. The van der Waals surface area contributed by atoms with Gasteiger partial charge < -0.3 is 5.41 Å². The molecule has 128 valence electrons. The van der Waals surface area contributed by atoms with Gasteiger partial charge in [-0.25, -0.2) is 0 Å². The van der Waals surface area contributed by atoms with E-state index < -0.39 is 0 Å². The predicted octanol–water partition coefficient (Wildman–Crippen LogP) is 6.77. The number of aryl methyl sites for hydroxylation is 1. The Labute approximate surface area is 155 Å². The van der Waals surface area contributed by atoms with Gasteiger partial charge >= 0.3 is 0 Å². The molecule has 1 nitrogen and oxygen atoms in total. The fourth-order valence-corrected chi connectivity index (χ4v) is 3.96. The number of benzene rings is 3. The van der Waals surface area contributed by atoms with Gasteiger partial charge in [-0.3, -0.25) is 0 Å². The van der Waals surface area contributed by atoms with E-state index in [0.717, 1.165) is 17.4 Å². The smallest absolute Gasteiger partial charge is 0.0262 e. The molecule has 0 aliphatic heterocycles. The Bertz CT molecular complexity index is 1100. The SMILES string of the molecule is Cc1ccc(-c2cc3ccccc3c(C=N)c2C2=CC=CC2)c(C)c1C. The Balaban J connectivity index is 2.13. The molecule has 0 bridgehead atoms. The maximum atomic E-state index is 8.15. The number of fused-ring (bicyclic) bond motifs is 1. The van der Waals surface area contributed by atoms with Crippen molar-refractivity contribution in [3.63, 3.8) is 0 Å². The summed E-state index contributed by atoms with van der Waals surface area (Å²) in [6.07, 6.45) is 8.95. The van der Waals surface area contributed by atoms with Gasteiger partial charge in [-0.15, -0.1) is 0 Å².